The molecule has 0 bridgehead atoms. The van der Waals surface area contributed by atoms with Crippen molar-refractivity contribution >= 4 is 50.1 Å². The Labute approximate surface area is 128 Å². The molecule has 0 heterocycles. The van der Waals surface area contributed by atoms with Gasteiger partial charge in [-0.2, -0.15) is 0 Å². The maximum atomic E-state index is 11.1. The van der Waals surface area contributed by atoms with Crippen LogP contribution in [-0.4, -0.2) is 21.7 Å². The van der Waals surface area contributed by atoms with Crippen LogP contribution in [0.3, 0.4) is 0 Å². The first-order chi connectivity index (χ1) is 9.70. The summed E-state index contributed by atoms with van der Waals surface area (Å²) in [5.41, 5.74) is 0.968. The summed E-state index contributed by atoms with van der Waals surface area (Å²) in [4.78, 5) is 15.9. The van der Waals surface area contributed by atoms with Crippen LogP contribution in [0.25, 0.3) is 10.8 Å². The largest absolute Gasteiger partial charge is 0.299 e. The fourth-order valence-corrected chi connectivity index (χ4v) is 3.56. The molecular formula is C16H17NOS2. The Morgan fingerprint density at radius 2 is 1.85 bits per heavy atom. The Kier molecular flexibility index (Phi) is 5.68. The molecule has 0 amide bonds. The Hall–Kier alpha value is -1.26. The van der Waals surface area contributed by atoms with Gasteiger partial charge >= 0.3 is 0 Å². The molecule has 2 rings (SSSR count). The van der Waals surface area contributed by atoms with Crippen molar-refractivity contribution in [2.45, 2.75) is 13.8 Å². The SMILES string of the molecule is CCSC(=Nc1cccc2ccccc12)SCC(C)=O. The fourth-order valence-electron chi connectivity index (χ4n) is 1.80. The number of hydrogen-bond donors (Lipinski definition) is 0. The molecule has 0 N–H and O–H groups in total. The molecule has 0 unspecified atom stereocenters. The van der Waals surface area contributed by atoms with Gasteiger partial charge in [-0.1, -0.05) is 66.8 Å². The van der Waals surface area contributed by atoms with E-state index in [0.29, 0.717) is 5.75 Å². The Bertz CT molecular complexity index is 632. The van der Waals surface area contributed by atoms with Crippen molar-refractivity contribution in [3.63, 3.8) is 0 Å². The summed E-state index contributed by atoms with van der Waals surface area (Å²) in [5.74, 6) is 1.61. The summed E-state index contributed by atoms with van der Waals surface area (Å²) in [6.45, 7) is 3.71. The molecule has 2 nitrogen and oxygen atoms in total. The highest BCUT2D eigenvalue weighted by molar-refractivity contribution is 8.39. The monoisotopic (exact) mass is 303 g/mol. The van der Waals surface area contributed by atoms with E-state index in [0.717, 1.165) is 21.2 Å². The lowest BCUT2D eigenvalue weighted by Gasteiger charge is -2.06. The van der Waals surface area contributed by atoms with Crippen LogP contribution in [0.4, 0.5) is 5.69 Å². The average Bonchev–Trinajstić information content (AvgIpc) is 2.45. The Morgan fingerprint density at radius 3 is 2.60 bits per heavy atom. The first-order valence-electron chi connectivity index (χ1n) is 6.52. The van der Waals surface area contributed by atoms with Crippen LogP contribution in [-0.2, 0) is 4.79 Å². The van der Waals surface area contributed by atoms with Gasteiger partial charge in [0.1, 0.15) is 10.2 Å². The van der Waals surface area contributed by atoms with Crippen molar-refractivity contribution in [3.05, 3.63) is 42.5 Å². The number of benzene rings is 2. The highest BCUT2D eigenvalue weighted by atomic mass is 32.2. The maximum Gasteiger partial charge on any atom is 0.140 e. The van der Waals surface area contributed by atoms with Gasteiger partial charge in [0.05, 0.1) is 11.4 Å². The number of nitrogens with zero attached hydrogens (tertiary/aromatic N) is 1. The van der Waals surface area contributed by atoms with Crippen LogP contribution in [0, 0.1) is 0 Å². The molecule has 0 aromatic heterocycles. The van der Waals surface area contributed by atoms with Crippen LogP contribution in [0.2, 0.25) is 0 Å². The maximum absolute atomic E-state index is 11.1. The van der Waals surface area contributed by atoms with E-state index in [9.17, 15) is 4.79 Å². The molecule has 0 spiro atoms. The van der Waals surface area contributed by atoms with Gasteiger partial charge in [0.15, 0.2) is 0 Å². The predicted molar refractivity (Wildman–Crippen MR) is 92.3 cm³/mol. The van der Waals surface area contributed by atoms with Crippen LogP contribution in [0.5, 0.6) is 0 Å². The van der Waals surface area contributed by atoms with E-state index >= 15 is 0 Å². The zero-order chi connectivity index (χ0) is 14.4. The first kappa shape index (κ1) is 15.1. The summed E-state index contributed by atoms with van der Waals surface area (Å²) in [7, 11) is 0. The van der Waals surface area contributed by atoms with Crippen molar-refractivity contribution < 1.29 is 4.79 Å². The first-order valence-corrected chi connectivity index (χ1v) is 8.49. The Balaban J connectivity index is 2.34. The van der Waals surface area contributed by atoms with Crippen molar-refractivity contribution in [3.8, 4) is 0 Å². The molecule has 4 heteroatoms. The molecule has 0 atom stereocenters. The minimum absolute atomic E-state index is 0.178. The highest BCUT2D eigenvalue weighted by Crippen LogP contribution is 2.29. The van der Waals surface area contributed by atoms with Gasteiger partial charge in [0.2, 0.25) is 0 Å². The number of thioether (sulfide) groups is 2. The standard InChI is InChI=1S/C16H17NOS2/c1-3-19-16(20-11-12(2)18)17-15-10-6-8-13-7-4-5-9-14(13)15/h4-10H,3,11H2,1-2H3. The molecular weight excluding hydrogens is 286 g/mol. The van der Waals surface area contributed by atoms with Crippen molar-refractivity contribution in [2.75, 3.05) is 11.5 Å². The number of hydrogen-bond acceptors (Lipinski definition) is 4. The lowest BCUT2D eigenvalue weighted by Crippen LogP contribution is -1.97. The number of Topliss-reactive ketones (excluding diaryl/α,β-unsaturated/α-hetero) is 1. The molecule has 2 aromatic carbocycles. The summed E-state index contributed by atoms with van der Waals surface area (Å²) in [6.07, 6.45) is 0. The van der Waals surface area contributed by atoms with Crippen LogP contribution < -0.4 is 0 Å². The molecule has 0 fully saturated rings. The molecule has 0 radical (unpaired) electrons. The quantitative estimate of drug-likeness (QED) is 0.594. The van der Waals surface area contributed by atoms with E-state index in [4.69, 9.17) is 4.99 Å². The molecule has 104 valence electrons. The van der Waals surface area contributed by atoms with E-state index in [1.165, 1.54) is 17.1 Å². The zero-order valence-corrected chi connectivity index (χ0v) is 13.3. The minimum Gasteiger partial charge on any atom is -0.299 e. The zero-order valence-electron chi connectivity index (χ0n) is 11.6. The van der Waals surface area contributed by atoms with E-state index in [1.807, 2.05) is 24.3 Å². The van der Waals surface area contributed by atoms with Crippen LogP contribution in [0.1, 0.15) is 13.8 Å². The van der Waals surface area contributed by atoms with E-state index in [-0.39, 0.29) is 5.78 Å². The summed E-state index contributed by atoms with van der Waals surface area (Å²) >= 11 is 3.20. The van der Waals surface area contributed by atoms with Crippen LogP contribution in [0.15, 0.2) is 47.5 Å². The third-order valence-corrected chi connectivity index (χ3v) is 4.87. The second-order valence-electron chi connectivity index (χ2n) is 4.30. The summed E-state index contributed by atoms with van der Waals surface area (Å²) in [5, 5.41) is 2.33. The molecule has 0 aliphatic rings. The molecule has 0 aliphatic heterocycles. The van der Waals surface area contributed by atoms with Gasteiger partial charge < -0.3 is 0 Å². The van der Waals surface area contributed by atoms with Crippen molar-refractivity contribution in [2.24, 2.45) is 4.99 Å². The van der Waals surface area contributed by atoms with E-state index in [1.54, 1.807) is 18.7 Å². The molecule has 2 aromatic rings. The predicted octanol–water partition coefficient (Wildman–Crippen LogP) is 4.90. The van der Waals surface area contributed by atoms with E-state index in [2.05, 4.69) is 25.1 Å². The molecule has 20 heavy (non-hydrogen) atoms. The molecule has 0 saturated carbocycles. The fraction of sp³-hybridized carbons (Fsp3) is 0.250. The van der Waals surface area contributed by atoms with Gasteiger partial charge in [-0.15, -0.1) is 0 Å². The van der Waals surface area contributed by atoms with E-state index < -0.39 is 0 Å². The third-order valence-electron chi connectivity index (χ3n) is 2.65. The third kappa shape index (κ3) is 4.12. The number of ketones is 1. The second-order valence-corrected chi connectivity index (χ2v) is 6.77. The minimum atomic E-state index is 0.178. The van der Waals surface area contributed by atoms with Crippen LogP contribution >= 0.6 is 23.5 Å². The number of aliphatic imine (C=N–C) groups is 1. The van der Waals surface area contributed by atoms with Gasteiger partial charge in [0.25, 0.3) is 0 Å². The summed E-state index contributed by atoms with van der Waals surface area (Å²) < 4.78 is 0.957. The van der Waals surface area contributed by atoms with Gasteiger partial charge in [-0.05, 0) is 24.1 Å². The van der Waals surface area contributed by atoms with Crippen molar-refractivity contribution in [1.82, 2.24) is 0 Å². The van der Waals surface area contributed by atoms with Gasteiger partial charge in [-0.3, -0.25) is 4.79 Å². The van der Waals surface area contributed by atoms with Gasteiger partial charge in [-0.25, -0.2) is 4.99 Å². The number of rotatable bonds is 4. The smallest absolute Gasteiger partial charge is 0.140 e. The lowest BCUT2D eigenvalue weighted by atomic mass is 10.1. The topological polar surface area (TPSA) is 29.4 Å². The number of carbonyl (C=O) groups excluding carboxylic acids is 1. The Morgan fingerprint density at radius 1 is 1.10 bits per heavy atom. The average molecular weight is 303 g/mol. The highest BCUT2D eigenvalue weighted by Gasteiger charge is 2.05. The summed E-state index contributed by atoms with van der Waals surface area (Å²) in [6, 6.07) is 14.3. The molecule has 0 aliphatic carbocycles. The normalized spacial score (nSPS) is 11.8. The van der Waals surface area contributed by atoms with Gasteiger partial charge in [0, 0.05) is 5.39 Å². The molecule has 0 saturated heterocycles. The van der Waals surface area contributed by atoms with Crippen molar-refractivity contribution in [1.29, 1.82) is 0 Å². The second kappa shape index (κ2) is 7.50. The lowest BCUT2D eigenvalue weighted by molar-refractivity contribution is -0.114. The number of fused-ring (bicyclic) bond motifs is 1. The number of carbonyl (C=O) groups is 1.